The Labute approximate surface area is 160 Å². The number of hydrogen-bond donors (Lipinski definition) is 1. The van der Waals surface area contributed by atoms with Gasteiger partial charge < -0.3 is 9.84 Å². The van der Waals surface area contributed by atoms with E-state index in [4.69, 9.17) is 9.84 Å². The summed E-state index contributed by atoms with van der Waals surface area (Å²) in [6, 6.07) is 16.3. The van der Waals surface area contributed by atoms with E-state index >= 15 is 0 Å². The lowest BCUT2D eigenvalue weighted by Crippen LogP contribution is -2.30. The van der Waals surface area contributed by atoms with E-state index in [2.05, 4.69) is 0 Å². The van der Waals surface area contributed by atoms with Crippen LogP contribution >= 0.6 is 11.8 Å². The average Bonchev–Trinajstić information content (AvgIpc) is 2.93. The first-order chi connectivity index (χ1) is 13.0. The summed E-state index contributed by atoms with van der Waals surface area (Å²) in [5.41, 5.74) is 1.80. The van der Waals surface area contributed by atoms with Crippen molar-refractivity contribution >= 4 is 35.0 Å². The summed E-state index contributed by atoms with van der Waals surface area (Å²) in [6.45, 7) is -0.0758. The van der Waals surface area contributed by atoms with Gasteiger partial charge in [-0.3, -0.25) is 14.5 Å². The Morgan fingerprint density at radius 1 is 1.07 bits per heavy atom. The molecule has 1 N–H and O–H groups in total. The van der Waals surface area contributed by atoms with E-state index in [-0.39, 0.29) is 11.1 Å². The number of carboxylic acids is 1. The smallest absolute Gasteiger partial charge is 0.341 e. The van der Waals surface area contributed by atoms with Gasteiger partial charge in [0.15, 0.2) is 6.61 Å². The molecule has 1 fully saturated rings. The molecule has 0 aromatic heterocycles. The first kappa shape index (κ1) is 18.7. The quantitative estimate of drug-likeness (QED) is 0.738. The van der Waals surface area contributed by atoms with Crippen molar-refractivity contribution in [3.05, 3.63) is 70.6 Å². The predicted octanol–water partition coefficient (Wildman–Crippen LogP) is 3.43. The third kappa shape index (κ3) is 4.98. The van der Waals surface area contributed by atoms with Gasteiger partial charge in [0, 0.05) is 6.54 Å². The van der Waals surface area contributed by atoms with Gasteiger partial charge in [-0.05, 0) is 47.5 Å². The zero-order valence-electron chi connectivity index (χ0n) is 14.3. The molecule has 138 valence electrons. The molecule has 1 heterocycles. The predicted molar refractivity (Wildman–Crippen MR) is 102 cm³/mol. The van der Waals surface area contributed by atoms with E-state index in [0.717, 1.165) is 22.9 Å². The SMILES string of the molecule is O=C(O)COc1ccc(/C=C2\SC(=O)N(CCc3ccccc3)C2=O)cc1. The third-order valence-corrected chi connectivity index (χ3v) is 4.79. The van der Waals surface area contributed by atoms with E-state index in [1.54, 1.807) is 30.3 Å². The van der Waals surface area contributed by atoms with Crippen molar-refractivity contribution in [2.45, 2.75) is 6.42 Å². The molecule has 0 bridgehead atoms. The Morgan fingerprint density at radius 3 is 2.44 bits per heavy atom. The van der Waals surface area contributed by atoms with Crippen molar-refractivity contribution in [2.24, 2.45) is 0 Å². The number of aliphatic carboxylic acids is 1. The number of benzene rings is 2. The zero-order chi connectivity index (χ0) is 19.2. The molecule has 1 aliphatic heterocycles. The number of imide groups is 1. The summed E-state index contributed by atoms with van der Waals surface area (Å²) < 4.78 is 5.07. The van der Waals surface area contributed by atoms with Crippen LogP contribution in [0.4, 0.5) is 4.79 Å². The topological polar surface area (TPSA) is 83.9 Å². The molecule has 0 spiro atoms. The van der Waals surface area contributed by atoms with Gasteiger partial charge in [-0.15, -0.1) is 0 Å². The number of ether oxygens (including phenoxy) is 1. The van der Waals surface area contributed by atoms with Crippen molar-refractivity contribution in [3.63, 3.8) is 0 Å². The van der Waals surface area contributed by atoms with Gasteiger partial charge in [-0.1, -0.05) is 42.5 Å². The minimum Gasteiger partial charge on any atom is -0.482 e. The highest BCUT2D eigenvalue weighted by atomic mass is 32.2. The fourth-order valence-corrected chi connectivity index (χ4v) is 3.40. The third-order valence-electron chi connectivity index (χ3n) is 3.88. The molecule has 0 radical (unpaired) electrons. The minimum atomic E-state index is -1.05. The lowest BCUT2D eigenvalue weighted by atomic mass is 10.1. The first-order valence-corrected chi connectivity index (χ1v) is 9.08. The van der Waals surface area contributed by atoms with Crippen LogP contribution in [0.2, 0.25) is 0 Å². The molecule has 6 nitrogen and oxygen atoms in total. The van der Waals surface area contributed by atoms with E-state index in [1.165, 1.54) is 4.90 Å². The van der Waals surface area contributed by atoms with Crippen LogP contribution in [-0.4, -0.2) is 40.3 Å². The van der Waals surface area contributed by atoms with Crippen molar-refractivity contribution < 1.29 is 24.2 Å². The number of nitrogens with zero attached hydrogens (tertiary/aromatic N) is 1. The number of carbonyl (C=O) groups excluding carboxylic acids is 2. The maximum absolute atomic E-state index is 12.5. The van der Waals surface area contributed by atoms with Crippen LogP contribution in [0.1, 0.15) is 11.1 Å². The molecule has 1 aliphatic rings. The summed E-state index contributed by atoms with van der Waals surface area (Å²) in [4.78, 5) is 36.8. The minimum absolute atomic E-state index is 0.274. The summed E-state index contributed by atoms with van der Waals surface area (Å²) in [5.74, 6) is -0.930. The molecule has 0 unspecified atom stereocenters. The number of amides is 2. The largest absolute Gasteiger partial charge is 0.482 e. The Bertz CT molecular complexity index is 877. The summed E-state index contributed by atoms with van der Waals surface area (Å²) in [5, 5.41) is 8.33. The lowest BCUT2D eigenvalue weighted by Gasteiger charge is -2.12. The maximum Gasteiger partial charge on any atom is 0.341 e. The zero-order valence-corrected chi connectivity index (χ0v) is 15.1. The van der Waals surface area contributed by atoms with Crippen molar-refractivity contribution in [2.75, 3.05) is 13.2 Å². The van der Waals surface area contributed by atoms with E-state index < -0.39 is 12.6 Å². The van der Waals surface area contributed by atoms with Crippen LogP contribution < -0.4 is 4.74 Å². The fraction of sp³-hybridized carbons (Fsp3) is 0.150. The molecule has 3 rings (SSSR count). The van der Waals surface area contributed by atoms with Gasteiger partial charge in [0.2, 0.25) is 0 Å². The van der Waals surface area contributed by atoms with Gasteiger partial charge in [0.25, 0.3) is 11.1 Å². The number of thioether (sulfide) groups is 1. The second kappa shape index (κ2) is 8.55. The van der Waals surface area contributed by atoms with Crippen LogP contribution in [0.15, 0.2) is 59.5 Å². The van der Waals surface area contributed by atoms with Gasteiger partial charge in [0.05, 0.1) is 4.91 Å². The van der Waals surface area contributed by atoms with Gasteiger partial charge in [-0.2, -0.15) is 0 Å². The summed E-state index contributed by atoms with van der Waals surface area (Å²) in [7, 11) is 0. The molecule has 7 heteroatoms. The lowest BCUT2D eigenvalue weighted by molar-refractivity contribution is -0.139. The molecule has 27 heavy (non-hydrogen) atoms. The molecule has 2 aromatic carbocycles. The van der Waals surface area contributed by atoms with E-state index in [1.807, 2.05) is 30.3 Å². The number of hydrogen-bond acceptors (Lipinski definition) is 5. The maximum atomic E-state index is 12.5. The highest BCUT2D eigenvalue weighted by Crippen LogP contribution is 2.32. The molecule has 0 aliphatic carbocycles. The molecule has 2 aromatic rings. The van der Waals surface area contributed by atoms with E-state index in [0.29, 0.717) is 23.6 Å². The molecular formula is C20H17NO5S. The highest BCUT2D eigenvalue weighted by Gasteiger charge is 2.34. The van der Waals surface area contributed by atoms with Crippen LogP contribution in [0.5, 0.6) is 5.75 Å². The molecule has 1 saturated heterocycles. The van der Waals surface area contributed by atoms with Crippen LogP contribution in [0, 0.1) is 0 Å². The van der Waals surface area contributed by atoms with E-state index in [9.17, 15) is 14.4 Å². The Morgan fingerprint density at radius 2 is 1.78 bits per heavy atom. The Hall–Kier alpha value is -3.06. The molecule has 0 atom stereocenters. The first-order valence-electron chi connectivity index (χ1n) is 8.27. The summed E-state index contributed by atoms with van der Waals surface area (Å²) in [6.07, 6.45) is 2.26. The normalized spacial score (nSPS) is 15.4. The van der Waals surface area contributed by atoms with Gasteiger partial charge in [-0.25, -0.2) is 4.79 Å². The monoisotopic (exact) mass is 383 g/mol. The molecule has 0 saturated carbocycles. The number of carbonyl (C=O) groups is 3. The standard InChI is InChI=1S/C20H17NO5S/c22-18(23)13-26-16-8-6-15(7-9-16)12-17-19(24)21(20(25)27-17)11-10-14-4-2-1-3-5-14/h1-9,12H,10-11,13H2,(H,22,23)/b17-12-. The second-order valence-corrected chi connectivity index (χ2v) is 6.81. The van der Waals surface area contributed by atoms with Gasteiger partial charge in [0.1, 0.15) is 5.75 Å². The average molecular weight is 383 g/mol. The number of rotatable bonds is 7. The van der Waals surface area contributed by atoms with Crippen LogP contribution in [0.25, 0.3) is 6.08 Å². The highest BCUT2D eigenvalue weighted by molar-refractivity contribution is 8.18. The Kier molecular flexibility index (Phi) is 5.93. The van der Waals surface area contributed by atoms with Crippen molar-refractivity contribution in [1.29, 1.82) is 0 Å². The molecular weight excluding hydrogens is 366 g/mol. The van der Waals surface area contributed by atoms with Crippen molar-refractivity contribution in [3.8, 4) is 5.75 Å². The van der Waals surface area contributed by atoms with Crippen LogP contribution in [-0.2, 0) is 16.0 Å². The van der Waals surface area contributed by atoms with Gasteiger partial charge >= 0.3 is 5.97 Å². The Balaban J connectivity index is 1.64. The van der Waals surface area contributed by atoms with Crippen LogP contribution in [0.3, 0.4) is 0 Å². The fourth-order valence-electron chi connectivity index (χ4n) is 2.54. The molecule has 2 amide bonds. The summed E-state index contributed by atoms with van der Waals surface area (Å²) >= 11 is 0.920. The second-order valence-electron chi connectivity index (χ2n) is 5.82. The number of carboxylic acid groups (broad SMARTS) is 1. The van der Waals surface area contributed by atoms with Crippen molar-refractivity contribution in [1.82, 2.24) is 4.90 Å².